The summed E-state index contributed by atoms with van der Waals surface area (Å²) in [4.78, 5) is 2.33. The van der Waals surface area contributed by atoms with Crippen molar-refractivity contribution in [3.05, 3.63) is 0 Å². The molecule has 0 amide bonds. The predicted molar refractivity (Wildman–Crippen MR) is 64.6 cm³/mol. The standard InChI is InChI=1S/C5H12N2.C4H8O2.C2H6O/c1-7-4-2-6-3-5-7;5-4-1-2-6-3-4;1-2-3/h6H,2-5H2,1H3;4-5H,1-3H2;3H,2H2,1H3/t;4-;/m.0./s1. The number of likely N-dealkylation sites (N-methyl/N-ethyl adjacent to an activating group) is 1. The first-order chi connectivity index (χ1) is 7.70. The lowest BCUT2D eigenvalue weighted by Crippen LogP contribution is -2.40. The van der Waals surface area contributed by atoms with Crippen molar-refractivity contribution >= 4 is 0 Å². The van der Waals surface area contributed by atoms with Crippen LogP contribution in [-0.2, 0) is 4.74 Å². The second-order valence-electron chi connectivity index (χ2n) is 3.89. The van der Waals surface area contributed by atoms with Gasteiger partial charge in [0.1, 0.15) is 0 Å². The maximum atomic E-state index is 8.60. The van der Waals surface area contributed by atoms with E-state index in [1.165, 1.54) is 13.1 Å². The molecule has 0 aromatic carbocycles. The third-order valence-electron chi connectivity index (χ3n) is 2.25. The Morgan fingerprint density at radius 1 is 1.38 bits per heavy atom. The van der Waals surface area contributed by atoms with E-state index in [0.29, 0.717) is 6.61 Å². The van der Waals surface area contributed by atoms with Crippen LogP contribution >= 0.6 is 0 Å². The van der Waals surface area contributed by atoms with Gasteiger partial charge in [-0.05, 0) is 20.4 Å². The molecule has 1 atom stereocenters. The number of nitrogens with one attached hydrogen (secondary N) is 1. The van der Waals surface area contributed by atoms with Gasteiger partial charge in [0.25, 0.3) is 0 Å². The summed E-state index contributed by atoms with van der Waals surface area (Å²) in [5.41, 5.74) is 0. The minimum atomic E-state index is -0.176. The number of rotatable bonds is 0. The van der Waals surface area contributed by atoms with Crippen molar-refractivity contribution in [1.29, 1.82) is 0 Å². The Hall–Kier alpha value is -0.200. The Morgan fingerprint density at radius 2 is 1.94 bits per heavy atom. The first kappa shape index (κ1) is 15.8. The molecule has 2 heterocycles. The van der Waals surface area contributed by atoms with E-state index in [-0.39, 0.29) is 12.7 Å². The molecule has 3 N–H and O–H groups in total. The molecule has 5 heteroatoms. The lowest BCUT2D eigenvalue weighted by molar-refractivity contribution is 0.127. The van der Waals surface area contributed by atoms with E-state index in [2.05, 4.69) is 17.3 Å². The van der Waals surface area contributed by atoms with Crippen molar-refractivity contribution in [1.82, 2.24) is 10.2 Å². The van der Waals surface area contributed by atoms with Gasteiger partial charge in [-0.25, -0.2) is 0 Å². The lowest BCUT2D eigenvalue weighted by atomic mass is 10.3. The van der Waals surface area contributed by atoms with Gasteiger partial charge in [-0.15, -0.1) is 0 Å². The molecule has 0 aliphatic carbocycles. The molecule has 16 heavy (non-hydrogen) atoms. The van der Waals surface area contributed by atoms with Crippen LogP contribution < -0.4 is 5.32 Å². The Bertz CT molecular complexity index is 135. The summed E-state index contributed by atoms with van der Waals surface area (Å²) in [5.74, 6) is 0. The molecule has 2 aliphatic rings. The number of aliphatic hydroxyl groups is 2. The fraction of sp³-hybridized carbons (Fsp3) is 1.00. The summed E-state index contributed by atoms with van der Waals surface area (Å²) in [5, 5.41) is 19.4. The van der Waals surface area contributed by atoms with Crippen LogP contribution in [0.1, 0.15) is 13.3 Å². The monoisotopic (exact) mass is 234 g/mol. The zero-order chi connectivity index (χ0) is 12.2. The molecule has 2 saturated heterocycles. The van der Waals surface area contributed by atoms with Gasteiger partial charge < -0.3 is 25.2 Å². The van der Waals surface area contributed by atoms with Crippen LogP contribution in [0.5, 0.6) is 0 Å². The number of piperazine rings is 1. The van der Waals surface area contributed by atoms with Gasteiger partial charge in [0.15, 0.2) is 0 Å². The molecule has 2 fully saturated rings. The zero-order valence-corrected chi connectivity index (χ0v) is 10.5. The molecule has 0 aromatic rings. The van der Waals surface area contributed by atoms with E-state index in [1.54, 1.807) is 6.92 Å². The number of ether oxygens (including phenoxy) is 1. The highest BCUT2D eigenvalue weighted by Crippen LogP contribution is 2.00. The summed E-state index contributed by atoms with van der Waals surface area (Å²) >= 11 is 0. The number of nitrogens with zero attached hydrogens (tertiary/aromatic N) is 1. The molecule has 0 radical (unpaired) electrons. The van der Waals surface area contributed by atoms with Crippen molar-refractivity contribution in [2.75, 3.05) is 53.0 Å². The largest absolute Gasteiger partial charge is 0.397 e. The maximum absolute atomic E-state index is 8.60. The van der Waals surface area contributed by atoms with E-state index in [9.17, 15) is 0 Å². The van der Waals surface area contributed by atoms with Crippen LogP contribution in [0.25, 0.3) is 0 Å². The van der Waals surface area contributed by atoms with Gasteiger partial charge in [0, 0.05) is 39.4 Å². The molecular weight excluding hydrogens is 208 g/mol. The molecule has 0 bridgehead atoms. The predicted octanol–water partition coefficient (Wildman–Crippen LogP) is -0.712. The van der Waals surface area contributed by atoms with Crippen LogP contribution in [0.15, 0.2) is 0 Å². The second-order valence-corrected chi connectivity index (χ2v) is 3.89. The molecule has 2 rings (SSSR count). The third-order valence-corrected chi connectivity index (χ3v) is 2.25. The summed E-state index contributed by atoms with van der Waals surface area (Å²) in [6.45, 7) is 7.95. The quantitative estimate of drug-likeness (QED) is 0.517. The number of hydrogen-bond acceptors (Lipinski definition) is 5. The highest BCUT2D eigenvalue weighted by atomic mass is 16.5. The van der Waals surface area contributed by atoms with Gasteiger partial charge in [-0.1, -0.05) is 0 Å². The van der Waals surface area contributed by atoms with E-state index < -0.39 is 0 Å². The molecule has 98 valence electrons. The fourth-order valence-electron chi connectivity index (χ4n) is 1.30. The summed E-state index contributed by atoms with van der Waals surface area (Å²) < 4.78 is 4.81. The van der Waals surface area contributed by atoms with Crippen LogP contribution in [-0.4, -0.2) is 74.3 Å². The Balaban J connectivity index is 0.000000230. The average molecular weight is 234 g/mol. The summed E-state index contributed by atoms with van der Waals surface area (Å²) in [6.07, 6.45) is 0.644. The van der Waals surface area contributed by atoms with Crippen LogP contribution in [0.2, 0.25) is 0 Å². The average Bonchev–Trinajstić information content (AvgIpc) is 2.72. The smallest absolute Gasteiger partial charge is 0.0795 e. The Labute approximate surface area is 98.4 Å². The van der Waals surface area contributed by atoms with Crippen molar-refractivity contribution < 1.29 is 14.9 Å². The normalized spacial score (nSPS) is 25.1. The minimum absolute atomic E-state index is 0.176. The van der Waals surface area contributed by atoms with E-state index in [4.69, 9.17) is 14.9 Å². The summed E-state index contributed by atoms with van der Waals surface area (Å²) in [6, 6.07) is 0. The van der Waals surface area contributed by atoms with E-state index in [1.807, 2.05) is 0 Å². The zero-order valence-electron chi connectivity index (χ0n) is 10.5. The lowest BCUT2D eigenvalue weighted by Gasteiger charge is -2.21. The fourth-order valence-corrected chi connectivity index (χ4v) is 1.30. The SMILES string of the molecule is CCO.CN1CCNCC1.O[C@H]1CCOC1. The number of aliphatic hydroxyl groups excluding tert-OH is 2. The van der Waals surface area contributed by atoms with Crippen molar-refractivity contribution in [2.45, 2.75) is 19.4 Å². The third kappa shape index (κ3) is 10.3. The van der Waals surface area contributed by atoms with Gasteiger partial charge in [-0.3, -0.25) is 0 Å². The Morgan fingerprint density at radius 3 is 2.12 bits per heavy atom. The highest BCUT2D eigenvalue weighted by Gasteiger charge is 2.09. The maximum Gasteiger partial charge on any atom is 0.0795 e. The van der Waals surface area contributed by atoms with E-state index in [0.717, 1.165) is 26.1 Å². The number of hydrogen-bond donors (Lipinski definition) is 3. The van der Waals surface area contributed by atoms with Crippen molar-refractivity contribution in [2.24, 2.45) is 0 Å². The summed E-state index contributed by atoms with van der Waals surface area (Å²) in [7, 11) is 2.15. The van der Waals surface area contributed by atoms with Gasteiger partial charge in [0.05, 0.1) is 12.7 Å². The minimum Gasteiger partial charge on any atom is -0.397 e. The molecule has 0 unspecified atom stereocenters. The van der Waals surface area contributed by atoms with Crippen molar-refractivity contribution in [3.63, 3.8) is 0 Å². The highest BCUT2D eigenvalue weighted by molar-refractivity contribution is 4.62. The van der Waals surface area contributed by atoms with Crippen LogP contribution in [0.3, 0.4) is 0 Å². The molecule has 0 spiro atoms. The van der Waals surface area contributed by atoms with Crippen LogP contribution in [0.4, 0.5) is 0 Å². The van der Waals surface area contributed by atoms with Gasteiger partial charge in [-0.2, -0.15) is 0 Å². The van der Waals surface area contributed by atoms with Crippen molar-refractivity contribution in [3.8, 4) is 0 Å². The molecular formula is C11H26N2O3. The topological polar surface area (TPSA) is 65.0 Å². The Kier molecular flexibility index (Phi) is 11.1. The van der Waals surface area contributed by atoms with Gasteiger partial charge in [0.2, 0.25) is 0 Å². The molecule has 2 aliphatic heterocycles. The first-order valence-corrected chi connectivity index (χ1v) is 5.96. The molecule has 5 nitrogen and oxygen atoms in total. The van der Waals surface area contributed by atoms with E-state index >= 15 is 0 Å². The first-order valence-electron chi connectivity index (χ1n) is 5.96. The van der Waals surface area contributed by atoms with Gasteiger partial charge >= 0.3 is 0 Å². The second kappa shape index (κ2) is 11.3. The molecule has 0 aromatic heterocycles. The van der Waals surface area contributed by atoms with Crippen LogP contribution in [0, 0.1) is 0 Å². The molecule has 0 saturated carbocycles.